The Hall–Kier alpha value is -3.27. The number of ether oxygens (including phenoxy) is 1. The first-order chi connectivity index (χ1) is 17.3. The molecule has 2 aliphatic rings. The molecule has 2 heterocycles. The largest absolute Gasteiger partial charge is 0.369 e. The number of nitrogens with one attached hydrogen (secondary N) is 3. The molecule has 196 valence electrons. The van der Waals surface area contributed by atoms with Crippen molar-refractivity contribution >= 4 is 35.2 Å². The number of unbranched alkanes of at least 4 members (excludes halogenated alkanes) is 4. The van der Waals surface area contributed by atoms with Gasteiger partial charge in [0.25, 0.3) is 5.91 Å². The molecule has 1 fully saturated rings. The second-order valence-corrected chi connectivity index (χ2v) is 9.51. The zero-order chi connectivity index (χ0) is 26.1. The van der Waals surface area contributed by atoms with Gasteiger partial charge in [-0.1, -0.05) is 25.3 Å². The summed E-state index contributed by atoms with van der Waals surface area (Å²) in [7, 11) is 0. The highest BCUT2D eigenvalue weighted by Crippen LogP contribution is 2.32. The molecule has 2 aliphatic heterocycles. The third kappa shape index (κ3) is 7.61. The zero-order valence-corrected chi connectivity index (χ0v) is 21.1. The number of nitrogens with zero attached hydrogens (tertiary/aromatic N) is 1. The maximum atomic E-state index is 12.9. The average Bonchev–Trinajstić information content (AvgIpc) is 3.16. The standard InChI is InChI=1S/C26H36N4O6/c1-17(2)36-16-24(33)27-14-7-5-3-4-6-11-22(31)28-20-10-8-9-18-19(20)15-30(26(18)35)21-12-13-23(32)29-25(21)34/h8-10,17,21H,3-7,11-16H2,1-2H3,(H,27,33)(H,28,31)(H,29,32,34). The van der Waals surface area contributed by atoms with Crippen LogP contribution < -0.4 is 16.0 Å². The number of carbonyl (C=O) groups is 5. The van der Waals surface area contributed by atoms with Gasteiger partial charge in [-0.2, -0.15) is 0 Å². The number of hydrogen-bond acceptors (Lipinski definition) is 6. The fourth-order valence-electron chi connectivity index (χ4n) is 4.38. The molecule has 1 unspecified atom stereocenters. The van der Waals surface area contributed by atoms with Crippen molar-refractivity contribution in [2.45, 2.75) is 83.9 Å². The lowest BCUT2D eigenvalue weighted by atomic mass is 10.0. The fraction of sp³-hybridized carbons (Fsp3) is 0.577. The first-order valence-corrected chi connectivity index (χ1v) is 12.7. The summed E-state index contributed by atoms with van der Waals surface area (Å²) in [5.74, 6) is -1.27. The predicted octanol–water partition coefficient (Wildman–Crippen LogP) is 2.27. The topological polar surface area (TPSA) is 134 Å². The minimum absolute atomic E-state index is 0.0331. The number of rotatable bonds is 13. The van der Waals surface area contributed by atoms with Crippen molar-refractivity contribution in [3.05, 3.63) is 29.3 Å². The Morgan fingerprint density at radius 3 is 2.58 bits per heavy atom. The van der Waals surface area contributed by atoms with Crippen molar-refractivity contribution in [2.75, 3.05) is 18.5 Å². The molecule has 1 aromatic rings. The van der Waals surface area contributed by atoms with E-state index >= 15 is 0 Å². The van der Waals surface area contributed by atoms with Crippen molar-refractivity contribution in [3.8, 4) is 0 Å². The third-order valence-corrected chi connectivity index (χ3v) is 6.31. The van der Waals surface area contributed by atoms with Crippen LogP contribution in [-0.2, 0) is 30.5 Å². The number of amides is 5. The first-order valence-electron chi connectivity index (χ1n) is 12.7. The molecule has 36 heavy (non-hydrogen) atoms. The molecular formula is C26H36N4O6. The summed E-state index contributed by atoms with van der Waals surface area (Å²) in [6.45, 7) is 4.70. The quantitative estimate of drug-likeness (QED) is 0.281. The first kappa shape index (κ1) is 27.3. The van der Waals surface area contributed by atoms with Crippen molar-refractivity contribution in [3.63, 3.8) is 0 Å². The van der Waals surface area contributed by atoms with Crippen LogP contribution in [0.3, 0.4) is 0 Å². The summed E-state index contributed by atoms with van der Waals surface area (Å²) >= 11 is 0. The van der Waals surface area contributed by atoms with Gasteiger partial charge in [0.05, 0.1) is 6.10 Å². The molecule has 0 saturated carbocycles. The van der Waals surface area contributed by atoms with Crippen molar-refractivity contribution in [1.82, 2.24) is 15.5 Å². The molecule has 0 aliphatic carbocycles. The molecule has 0 spiro atoms. The number of fused-ring (bicyclic) bond motifs is 1. The van der Waals surface area contributed by atoms with Gasteiger partial charge in [0.1, 0.15) is 12.6 Å². The van der Waals surface area contributed by atoms with Gasteiger partial charge in [0, 0.05) is 42.7 Å². The molecule has 3 rings (SSSR count). The summed E-state index contributed by atoms with van der Waals surface area (Å²) in [6, 6.07) is 4.48. The highest BCUT2D eigenvalue weighted by atomic mass is 16.5. The van der Waals surface area contributed by atoms with E-state index < -0.39 is 11.9 Å². The smallest absolute Gasteiger partial charge is 0.255 e. The number of carbonyl (C=O) groups excluding carboxylic acids is 5. The van der Waals surface area contributed by atoms with Crippen molar-refractivity contribution < 1.29 is 28.7 Å². The van der Waals surface area contributed by atoms with E-state index in [2.05, 4.69) is 16.0 Å². The van der Waals surface area contributed by atoms with Crippen LogP contribution in [0.15, 0.2) is 18.2 Å². The maximum absolute atomic E-state index is 12.9. The Bertz CT molecular complexity index is 993. The Balaban J connectivity index is 1.37. The van der Waals surface area contributed by atoms with E-state index in [0.29, 0.717) is 36.2 Å². The lowest BCUT2D eigenvalue weighted by molar-refractivity contribution is -0.137. The number of hydrogen-bond donors (Lipinski definition) is 3. The lowest BCUT2D eigenvalue weighted by Gasteiger charge is -2.29. The van der Waals surface area contributed by atoms with E-state index in [-0.39, 0.29) is 49.3 Å². The van der Waals surface area contributed by atoms with Gasteiger partial charge < -0.3 is 20.3 Å². The number of imide groups is 1. The van der Waals surface area contributed by atoms with Crippen LogP contribution in [0.5, 0.6) is 0 Å². The average molecular weight is 501 g/mol. The molecule has 3 N–H and O–H groups in total. The minimum Gasteiger partial charge on any atom is -0.369 e. The van der Waals surface area contributed by atoms with Gasteiger partial charge in [-0.3, -0.25) is 29.3 Å². The summed E-state index contributed by atoms with van der Waals surface area (Å²) < 4.78 is 5.25. The summed E-state index contributed by atoms with van der Waals surface area (Å²) in [4.78, 5) is 62.2. The van der Waals surface area contributed by atoms with Gasteiger partial charge >= 0.3 is 0 Å². The van der Waals surface area contributed by atoms with Crippen LogP contribution in [0.4, 0.5) is 5.69 Å². The fourth-order valence-corrected chi connectivity index (χ4v) is 4.38. The van der Waals surface area contributed by atoms with Gasteiger partial charge in [-0.25, -0.2) is 0 Å². The Morgan fingerprint density at radius 2 is 1.83 bits per heavy atom. The normalized spacial score (nSPS) is 17.2. The number of piperidine rings is 1. The molecule has 10 nitrogen and oxygen atoms in total. The summed E-state index contributed by atoms with van der Waals surface area (Å²) in [5.41, 5.74) is 1.75. The van der Waals surface area contributed by atoms with Crippen LogP contribution >= 0.6 is 0 Å². The zero-order valence-electron chi connectivity index (χ0n) is 21.1. The molecule has 1 aromatic carbocycles. The van der Waals surface area contributed by atoms with Crippen LogP contribution in [0, 0.1) is 0 Å². The molecular weight excluding hydrogens is 464 g/mol. The number of benzene rings is 1. The monoisotopic (exact) mass is 500 g/mol. The molecule has 0 aromatic heterocycles. The molecule has 1 saturated heterocycles. The lowest BCUT2D eigenvalue weighted by Crippen LogP contribution is -2.52. The van der Waals surface area contributed by atoms with Crippen molar-refractivity contribution in [1.29, 1.82) is 0 Å². The maximum Gasteiger partial charge on any atom is 0.255 e. The highest BCUT2D eigenvalue weighted by molar-refractivity contribution is 6.06. The Labute approximate surface area is 211 Å². The van der Waals surface area contributed by atoms with Crippen LogP contribution in [0.2, 0.25) is 0 Å². The molecule has 1 atom stereocenters. The summed E-state index contributed by atoms with van der Waals surface area (Å²) in [6.07, 6.45) is 5.38. The Kier molecular flexibility index (Phi) is 9.98. The minimum atomic E-state index is -0.687. The van der Waals surface area contributed by atoms with E-state index in [4.69, 9.17) is 4.74 Å². The van der Waals surface area contributed by atoms with E-state index in [1.165, 1.54) is 4.90 Å². The summed E-state index contributed by atoms with van der Waals surface area (Å²) in [5, 5.41) is 8.04. The second kappa shape index (κ2) is 13.2. The van der Waals surface area contributed by atoms with Crippen molar-refractivity contribution in [2.24, 2.45) is 0 Å². The predicted molar refractivity (Wildman–Crippen MR) is 133 cm³/mol. The van der Waals surface area contributed by atoms with E-state index in [1.54, 1.807) is 18.2 Å². The van der Waals surface area contributed by atoms with Gasteiger partial charge in [-0.05, 0) is 45.2 Å². The van der Waals surface area contributed by atoms with E-state index in [0.717, 1.165) is 32.1 Å². The van der Waals surface area contributed by atoms with Crippen LogP contribution in [-0.4, -0.2) is 59.7 Å². The third-order valence-electron chi connectivity index (χ3n) is 6.31. The Morgan fingerprint density at radius 1 is 1.08 bits per heavy atom. The molecule has 10 heteroatoms. The van der Waals surface area contributed by atoms with Gasteiger partial charge in [0.2, 0.25) is 23.6 Å². The van der Waals surface area contributed by atoms with Gasteiger partial charge in [-0.15, -0.1) is 0 Å². The van der Waals surface area contributed by atoms with E-state index in [9.17, 15) is 24.0 Å². The highest BCUT2D eigenvalue weighted by Gasteiger charge is 2.39. The molecule has 5 amide bonds. The van der Waals surface area contributed by atoms with Crippen LogP contribution in [0.1, 0.15) is 81.1 Å². The molecule has 0 bridgehead atoms. The SMILES string of the molecule is CC(C)OCC(=O)NCCCCCCCC(=O)Nc1cccc2c1CN(C1CCC(=O)NC1=O)C2=O. The second-order valence-electron chi connectivity index (χ2n) is 9.51. The number of anilines is 1. The van der Waals surface area contributed by atoms with Crippen LogP contribution in [0.25, 0.3) is 0 Å². The van der Waals surface area contributed by atoms with Gasteiger partial charge in [0.15, 0.2) is 0 Å². The molecule has 0 radical (unpaired) electrons. The van der Waals surface area contributed by atoms with E-state index in [1.807, 2.05) is 13.8 Å².